The van der Waals surface area contributed by atoms with Gasteiger partial charge < -0.3 is 25.5 Å². The van der Waals surface area contributed by atoms with E-state index in [2.05, 4.69) is 29.5 Å². The zero-order valence-electron chi connectivity index (χ0n) is 21.0. The maximum absolute atomic E-state index is 13.3. The molecule has 7 heteroatoms. The molecule has 0 aliphatic heterocycles. The molecule has 0 unspecified atom stereocenters. The van der Waals surface area contributed by atoms with Gasteiger partial charge in [-0.25, -0.2) is 0 Å². The Morgan fingerprint density at radius 1 is 1.15 bits per heavy atom. The second kappa shape index (κ2) is 9.05. The monoisotopic (exact) mass is 590 g/mol. The summed E-state index contributed by atoms with van der Waals surface area (Å²) in [6.45, 7) is 7.92. The Morgan fingerprint density at radius 2 is 1.82 bits per heavy atom. The molecule has 5 N–H and O–H groups in total. The Morgan fingerprint density at radius 3 is 2.47 bits per heavy atom. The quantitative estimate of drug-likeness (QED) is 0.240. The van der Waals surface area contributed by atoms with E-state index in [4.69, 9.17) is 0 Å². The number of carbonyl (C=O) groups is 1. The van der Waals surface area contributed by atoms with Gasteiger partial charge in [0.05, 0.1) is 29.5 Å². The molecule has 0 amide bonds. The van der Waals surface area contributed by atoms with Gasteiger partial charge in [-0.15, -0.1) is 0 Å². The molecule has 4 aliphatic rings. The minimum absolute atomic E-state index is 0.0476. The third-order valence-electron chi connectivity index (χ3n) is 10.7. The van der Waals surface area contributed by atoms with Crippen LogP contribution in [0.3, 0.4) is 0 Å². The third kappa shape index (κ3) is 3.87. The Bertz CT molecular complexity index is 843. The number of aliphatic hydroxyl groups is 5. The van der Waals surface area contributed by atoms with Crippen LogP contribution in [0.5, 0.6) is 0 Å². The smallest absolute Gasteiger partial charge is 0.159 e. The largest absolute Gasteiger partial charge is 0.390 e. The average molecular weight is 591 g/mol. The topological polar surface area (TPSA) is 118 Å². The van der Waals surface area contributed by atoms with Crippen molar-refractivity contribution < 1.29 is 30.3 Å². The zero-order valence-corrected chi connectivity index (χ0v) is 23.2. The Kier molecular flexibility index (Phi) is 7.18. The molecule has 4 rings (SSSR count). The molecular formula is C27H43IO6. The van der Waals surface area contributed by atoms with Crippen LogP contribution in [0.1, 0.15) is 79.1 Å². The number of halogens is 1. The Labute approximate surface area is 217 Å². The number of fused-ring (bicyclic) bond motifs is 5. The summed E-state index contributed by atoms with van der Waals surface area (Å²) >= 11 is 2.34. The highest BCUT2D eigenvalue weighted by atomic mass is 127. The fourth-order valence-electron chi connectivity index (χ4n) is 8.35. The van der Waals surface area contributed by atoms with Gasteiger partial charge in [0.15, 0.2) is 5.78 Å². The molecule has 3 fully saturated rings. The molecule has 0 spiro atoms. The summed E-state index contributed by atoms with van der Waals surface area (Å²) < 4.78 is 1.00. The number of aliphatic hydroxyl groups excluding tert-OH is 3. The molecule has 4 aliphatic carbocycles. The second-order valence-corrected chi connectivity index (χ2v) is 13.6. The van der Waals surface area contributed by atoms with Crippen LogP contribution < -0.4 is 0 Å². The Hall–Kier alpha value is -0.0600. The maximum Gasteiger partial charge on any atom is 0.159 e. The molecule has 3 saturated carbocycles. The summed E-state index contributed by atoms with van der Waals surface area (Å²) in [5.74, 6) is -0.297. The first-order valence-electron chi connectivity index (χ1n) is 13.0. The molecule has 0 saturated heterocycles. The molecule has 0 aromatic heterocycles. The van der Waals surface area contributed by atoms with Gasteiger partial charge in [-0.3, -0.25) is 4.79 Å². The molecule has 34 heavy (non-hydrogen) atoms. The van der Waals surface area contributed by atoms with E-state index in [-0.39, 0.29) is 30.0 Å². The van der Waals surface area contributed by atoms with E-state index in [0.717, 1.165) is 22.8 Å². The predicted octanol–water partition coefficient (Wildman–Crippen LogP) is 3.15. The molecule has 194 valence electrons. The summed E-state index contributed by atoms with van der Waals surface area (Å²) in [6, 6.07) is 0. The first-order valence-corrected chi connectivity index (χ1v) is 14.6. The van der Waals surface area contributed by atoms with E-state index in [0.29, 0.717) is 38.0 Å². The normalized spacial score (nSPS) is 47.6. The molecule has 6 nitrogen and oxygen atoms in total. The highest BCUT2D eigenvalue weighted by molar-refractivity contribution is 14.1. The summed E-state index contributed by atoms with van der Waals surface area (Å²) in [4.78, 5) is 13.3. The maximum atomic E-state index is 13.3. The van der Waals surface area contributed by atoms with Crippen molar-refractivity contribution >= 4 is 28.4 Å². The summed E-state index contributed by atoms with van der Waals surface area (Å²) in [6.07, 6.45) is 3.41. The number of carbonyl (C=O) groups excluding carboxylic acids is 1. The predicted molar refractivity (Wildman–Crippen MR) is 138 cm³/mol. The summed E-state index contributed by atoms with van der Waals surface area (Å²) in [7, 11) is 0. The van der Waals surface area contributed by atoms with Crippen molar-refractivity contribution in [3.63, 3.8) is 0 Å². The van der Waals surface area contributed by atoms with Gasteiger partial charge in [0, 0.05) is 15.8 Å². The van der Waals surface area contributed by atoms with Crippen molar-refractivity contribution in [3.8, 4) is 0 Å². The van der Waals surface area contributed by atoms with Crippen molar-refractivity contribution in [1.82, 2.24) is 0 Å². The standard InChI is InChI=1S/C27H43IO6/c1-15(14-28)5-6-23(32)26(4,33)22-8-10-27(34)17-11-19(29)18-12-20(30)21(31)13-24(18,2)16(17)7-9-25(22,27)3/h11,15-16,18,20-23,30-34H,5-10,12-14H2,1-4H3/t15-,16+,18+,20-,21+,22+,23-,24-,25-,26-,27-/m1/s1. The lowest BCUT2D eigenvalue weighted by molar-refractivity contribution is -0.176. The average Bonchev–Trinajstić information content (AvgIpc) is 3.06. The van der Waals surface area contributed by atoms with Crippen molar-refractivity contribution in [2.24, 2.45) is 34.5 Å². The third-order valence-corrected chi connectivity index (χ3v) is 12.2. The minimum atomic E-state index is -1.34. The molecule has 0 aromatic rings. The van der Waals surface area contributed by atoms with E-state index >= 15 is 0 Å². The lowest BCUT2D eigenvalue weighted by Gasteiger charge is -2.60. The molecule has 0 radical (unpaired) electrons. The van der Waals surface area contributed by atoms with E-state index < -0.39 is 40.3 Å². The van der Waals surface area contributed by atoms with Crippen molar-refractivity contribution in [3.05, 3.63) is 11.6 Å². The van der Waals surface area contributed by atoms with Crippen LogP contribution in [-0.2, 0) is 4.79 Å². The summed E-state index contributed by atoms with van der Waals surface area (Å²) in [5, 5.41) is 55.6. The van der Waals surface area contributed by atoms with Gasteiger partial charge >= 0.3 is 0 Å². The van der Waals surface area contributed by atoms with Crippen LogP contribution in [0.4, 0.5) is 0 Å². The van der Waals surface area contributed by atoms with Crippen LogP contribution >= 0.6 is 22.6 Å². The number of ketones is 1. The zero-order chi connectivity index (χ0) is 25.3. The van der Waals surface area contributed by atoms with Gasteiger partial charge in [0.25, 0.3) is 0 Å². The van der Waals surface area contributed by atoms with E-state index in [1.54, 1.807) is 13.0 Å². The van der Waals surface area contributed by atoms with Crippen LogP contribution in [0, 0.1) is 34.5 Å². The fourth-order valence-corrected chi connectivity index (χ4v) is 8.79. The lowest BCUT2D eigenvalue weighted by atomic mass is 9.45. The van der Waals surface area contributed by atoms with E-state index in [1.807, 2.05) is 13.8 Å². The SMILES string of the molecule is C[C@@H](CI)CC[C@@H](O)[C@](C)(O)[C@H]1CC[C@@]2(O)C3=CC(=O)[C@@H]4C[C@@H](O)[C@@H](O)C[C@]4(C)[C@H]3CC[C@]12C. The van der Waals surface area contributed by atoms with Crippen LogP contribution in [0.2, 0.25) is 0 Å². The van der Waals surface area contributed by atoms with Crippen LogP contribution in [-0.4, -0.2) is 65.3 Å². The van der Waals surface area contributed by atoms with Gasteiger partial charge in [-0.2, -0.15) is 0 Å². The Balaban J connectivity index is 1.65. The number of hydrogen-bond donors (Lipinski definition) is 5. The minimum Gasteiger partial charge on any atom is -0.390 e. The molecule has 0 bridgehead atoms. The van der Waals surface area contributed by atoms with E-state index in [9.17, 15) is 30.3 Å². The van der Waals surface area contributed by atoms with Crippen LogP contribution in [0.25, 0.3) is 0 Å². The van der Waals surface area contributed by atoms with Gasteiger partial charge in [0.1, 0.15) is 0 Å². The number of alkyl halides is 1. The highest BCUT2D eigenvalue weighted by Gasteiger charge is 2.69. The first-order chi connectivity index (χ1) is 15.7. The second-order valence-electron chi connectivity index (χ2n) is 12.7. The molecule has 0 aromatic carbocycles. The first kappa shape index (κ1) is 27.0. The van der Waals surface area contributed by atoms with Crippen molar-refractivity contribution in [2.75, 3.05) is 4.43 Å². The number of rotatable bonds is 6. The molecular weight excluding hydrogens is 547 g/mol. The number of hydrogen-bond acceptors (Lipinski definition) is 6. The highest BCUT2D eigenvalue weighted by Crippen LogP contribution is 2.68. The van der Waals surface area contributed by atoms with Crippen molar-refractivity contribution in [1.29, 1.82) is 0 Å². The summed E-state index contributed by atoms with van der Waals surface area (Å²) in [5.41, 5.74) is -2.99. The van der Waals surface area contributed by atoms with Gasteiger partial charge in [-0.05, 0) is 93.1 Å². The molecule has 11 atom stereocenters. The lowest BCUT2D eigenvalue weighted by Crippen LogP contribution is -2.62. The van der Waals surface area contributed by atoms with E-state index in [1.165, 1.54) is 0 Å². The van der Waals surface area contributed by atoms with Crippen molar-refractivity contribution in [2.45, 2.75) is 109 Å². The fraction of sp³-hybridized carbons (Fsp3) is 0.889. The van der Waals surface area contributed by atoms with Gasteiger partial charge in [0.2, 0.25) is 0 Å². The van der Waals surface area contributed by atoms with Crippen LogP contribution in [0.15, 0.2) is 11.6 Å². The van der Waals surface area contributed by atoms with Gasteiger partial charge in [-0.1, -0.05) is 43.4 Å². The molecule has 0 heterocycles. The number of allylic oxidation sites excluding steroid dienone is 1.